The zero-order valence-corrected chi connectivity index (χ0v) is 12.8. The first-order valence-electron chi connectivity index (χ1n) is 6.57. The Kier molecular flexibility index (Phi) is 5.25. The third-order valence-corrected chi connectivity index (χ3v) is 5.09. The highest BCUT2D eigenvalue weighted by atomic mass is 32.2. The van der Waals surface area contributed by atoms with Crippen molar-refractivity contribution in [3.8, 4) is 0 Å². The van der Waals surface area contributed by atoms with Gasteiger partial charge in [-0.2, -0.15) is 8.78 Å². The van der Waals surface area contributed by atoms with Crippen LogP contribution in [0.25, 0.3) is 0 Å². The first-order chi connectivity index (χ1) is 9.53. The number of hydrogen-bond donors (Lipinski definition) is 0. The zero-order valence-electron chi connectivity index (χ0n) is 12.0. The number of carbonyl (C=O) groups is 2. The quantitative estimate of drug-likeness (QED) is 0.541. The Morgan fingerprint density at radius 1 is 1.43 bits per heavy atom. The third kappa shape index (κ3) is 3.87. The van der Waals surface area contributed by atoms with Gasteiger partial charge in [-0.1, -0.05) is 19.9 Å². The van der Waals surface area contributed by atoms with Crippen molar-refractivity contribution in [2.24, 2.45) is 5.92 Å². The summed E-state index contributed by atoms with van der Waals surface area (Å²) in [6, 6.07) is -0.841. The number of nitrogens with zero attached hydrogens (tertiary/aromatic N) is 1. The van der Waals surface area contributed by atoms with Gasteiger partial charge in [0, 0.05) is 18.5 Å². The maximum absolute atomic E-state index is 14.0. The van der Waals surface area contributed by atoms with Crippen LogP contribution >= 0.6 is 0 Å². The van der Waals surface area contributed by atoms with E-state index in [0.717, 1.165) is 4.90 Å². The van der Waals surface area contributed by atoms with Gasteiger partial charge in [-0.15, -0.1) is 6.58 Å². The molecule has 1 amide bonds. The Morgan fingerprint density at radius 3 is 2.38 bits per heavy atom. The molecule has 120 valence electrons. The SMILES string of the molecule is C=CCN(C(=O)C(F)(F)C(=O)C(C)C)[C@H]1CCS(=O)(=O)C1. The van der Waals surface area contributed by atoms with E-state index in [-0.39, 0.29) is 24.5 Å². The first kappa shape index (κ1) is 17.7. The lowest BCUT2D eigenvalue weighted by molar-refractivity contribution is -0.168. The number of amides is 1. The second-order valence-electron chi connectivity index (χ2n) is 5.40. The van der Waals surface area contributed by atoms with Crippen molar-refractivity contribution in [3.05, 3.63) is 12.7 Å². The van der Waals surface area contributed by atoms with Crippen molar-refractivity contribution < 1.29 is 26.8 Å². The maximum atomic E-state index is 14.0. The largest absolute Gasteiger partial charge is 0.382 e. The Labute approximate surface area is 122 Å². The predicted octanol–water partition coefficient (Wildman–Crippen LogP) is 1.05. The molecule has 0 aliphatic carbocycles. The topological polar surface area (TPSA) is 71.5 Å². The van der Waals surface area contributed by atoms with Crippen LogP contribution < -0.4 is 0 Å². The van der Waals surface area contributed by atoms with Crippen molar-refractivity contribution in [1.29, 1.82) is 0 Å². The van der Waals surface area contributed by atoms with E-state index in [4.69, 9.17) is 0 Å². The molecule has 1 fully saturated rings. The summed E-state index contributed by atoms with van der Waals surface area (Å²) >= 11 is 0. The summed E-state index contributed by atoms with van der Waals surface area (Å²) in [5, 5.41) is 0. The molecule has 0 spiro atoms. The van der Waals surface area contributed by atoms with Gasteiger partial charge < -0.3 is 4.90 Å². The molecule has 0 aromatic carbocycles. The second kappa shape index (κ2) is 6.21. The first-order valence-corrected chi connectivity index (χ1v) is 8.39. The average Bonchev–Trinajstić information content (AvgIpc) is 2.74. The van der Waals surface area contributed by atoms with Gasteiger partial charge in [0.1, 0.15) is 0 Å². The molecule has 0 saturated carbocycles. The fourth-order valence-corrected chi connectivity index (χ4v) is 3.94. The number of hydrogen-bond acceptors (Lipinski definition) is 4. The number of ketones is 1. The molecule has 21 heavy (non-hydrogen) atoms. The lowest BCUT2D eigenvalue weighted by Crippen LogP contribution is -2.53. The number of sulfone groups is 1. The molecule has 0 bridgehead atoms. The molecular weight excluding hydrogens is 304 g/mol. The van der Waals surface area contributed by atoms with E-state index in [1.54, 1.807) is 0 Å². The summed E-state index contributed by atoms with van der Waals surface area (Å²) in [5.41, 5.74) is 0. The van der Waals surface area contributed by atoms with Crippen LogP contribution in [0.4, 0.5) is 8.78 Å². The van der Waals surface area contributed by atoms with Crippen LogP contribution in [0.15, 0.2) is 12.7 Å². The van der Waals surface area contributed by atoms with Gasteiger partial charge >= 0.3 is 11.8 Å². The molecule has 1 heterocycles. The fraction of sp³-hybridized carbons (Fsp3) is 0.692. The maximum Gasteiger partial charge on any atom is 0.382 e. The van der Waals surface area contributed by atoms with Crippen molar-refractivity contribution in [2.75, 3.05) is 18.1 Å². The molecule has 1 aliphatic rings. The number of halogens is 2. The summed E-state index contributed by atoms with van der Waals surface area (Å²) in [7, 11) is -3.33. The van der Waals surface area contributed by atoms with Gasteiger partial charge in [0.05, 0.1) is 11.5 Å². The molecule has 5 nitrogen and oxygen atoms in total. The molecule has 0 N–H and O–H groups in total. The van der Waals surface area contributed by atoms with E-state index in [2.05, 4.69) is 6.58 Å². The minimum Gasteiger partial charge on any atom is -0.329 e. The zero-order chi connectivity index (χ0) is 16.4. The van der Waals surface area contributed by atoms with E-state index >= 15 is 0 Å². The number of rotatable bonds is 6. The minimum atomic E-state index is -4.15. The van der Waals surface area contributed by atoms with Gasteiger partial charge in [0.25, 0.3) is 0 Å². The van der Waals surface area contributed by atoms with E-state index in [9.17, 15) is 26.8 Å². The normalized spacial score (nSPS) is 21.3. The van der Waals surface area contributed by atoms with Crippen molar-refractivity contribution >= 4 is 21.5 Å². The molecule has 8 heteroatoms. The summed E-state index contributed by atoms with van der Waals surface area (Å²) in [6.45, 7) is 5.72. The Morgan fingerprint density at radius 2 is 2.00 bits per heavy atom. The molecule has 1 atom stereocenters. The smallest absolute Gasteiger partial charge is 0.329 e. The molecule has 1 aliphatic heterocycles. The molecule has 0 unspecified atom stereocenters. The summed E-state index contributed by atoms with van der Waals surface area (Å²) in [4.78, 5) is 24.3. The molecular formula is C13H19F2NO4S. The highest BCUT2D eigenvalue weighted by Gasteiger charge is 2.52. The minimum absolute atomic E-state index is 0.0911. The Hall–Kier alpha value is -1.31. The van der Waals surface area contributed by atoms with Crippen molar-refractivity contribution in [1.82, 2.24) is 4.90 Å². The van der Waals surface area contributed by atoms with Crippen molar-refractivity contribution in [3.63, 3.8) is 0 Å². The van der Waals surface area contributed by atoms with Crippen LogP contribution in [0.2, 0.25) is 0 Å². The number of carbonyl (C=O) groups excluding carboxylic acids is 2. The van der Waals surface area contributed by atoms with E-state index in [1.807, 2.05) is 0 Å². The van der Waals surface area contributed by atoms with Crippen LogP contribution in [-0.4, -0.2) is 55.0 Å². The monoisotopic (exact) mass is 323 g/mol. The molecule has 1 rings (SSSR count). The highest BCUT2D eigenvalue weighted by Crippen LogP contribution is 2.26. The van der Waals surface area contributed by atoms with Crippen LogP contribution in [0, 0.1) is 5.92 Å². The van der Waals surface area contributed by atoms with Gasteiger partial charge in [-0.25, -0.2) is 8.42 Å². The van der Waals surface area contributed by atoms with Crippen LogP contribution in [0.3, 0.4) is 0 Å². The lowest BCUT2D eigenvalue weighted by atomic mass is 10.0. The average molecular weight is 323 g/mol. The molecule has 0 radical (unpaired) electrons. The van der Waals surface area contributed by atoms with E-state index in [1.165, 1.54) is 19.9 Å². The fourth-order valence-electron chi connectivity index (χ4n) is 2.21. The van der Waals surface area contributed by atoms with Gasteiger partial charge in [-0.05, 0) is 6.42 Å². The van der Waals surface area contributed by atoms with E-state index in [0.29, 0.717) is 0 Å². The molecule has 1 saturated heterocycles. The van der Waals surface area contributed by atoms with E-state index < -0.39 is 39.4 Å². The molecule has 0 aromatic heterocycles. The van der Waals surface area contributed by atoms with Crippen LogP contribution in [0.1, 0.15) is 20.3 Å². The second-order valence-corrected chi connectivity index (χ2v) is 7.63. The molecule has 0 aromatic rings. The number of Topliss-reactive ketones (excluding diaryl/α,β-unsaturated/α-hetero) is 1. The van der Waals surface area contributed by atoms with Crippen molar-refractivity contribution in [2.45, 2.75) is 32.2 Å². The van der Waals surface area contributed by atoms with Gasteiger partial charge in [-0.3, -0.25) is 9.59 Å². The number of alkyl halides is 2. The lowest BCUT2D eigenvalue weighted by Gasteiger charge is -2.30. The third-order valence-electron chi connectivity index (χ3n) is 3.34. The highest BCUT2D eigenvalue weighted by molar-refractivity contribution is 7.91. The van der Waals surface area contributed by atoms with Gasteiger partial charge in [0.15, 0.2) is 9.84 Å². The van der Waals surface area contributed by atoms with Crippen LogP contribution in [-0.2, 0) is 19.4 Å². The Balaban J connectivity index is 3.03. The summed E-state index contributed by atoms with van der Waals surface area (Å²) in [5.74, 6) is -8.78. The van der Waals surface area contributed by atoms with Crippen LogP contribution in [0.5, 0.6) is 0 Å². The predicted molar refractivity (Wildman–Crippen MR) is 73.8 cm³/mol. The summed E-state index contributed by atoms with van der Waals surface area (Å²) < 4.78 is 50.8. The Bertz CT molecular complexity index is 542. The standard InChI is InChI=1S/C13H19F2NO4S/c1-4-6-16(10-5-7-21(19,20)8-10)12(18)13(14,15)11(17)9(2)3/h4,9-10H,1,5-8H2,2-3H3/t10-/m0/s1. The van der Waals surface area contributed by atoms with Gasteiger partial charge in [0.2, 0.25) is 5.78 Å². The summed E-state index contributed by atoms with van der Waals surface area (Å²) in [6.07, 6.45) is 1.33.